The Kier molecular flexibility index (Phi) is 8.19. The van der Waals surface area contributed by atoms with Gasteiger partial charge in [-0.2, -0.15) is 11.8 Å². The van der Waals surface area contributed by atoms with Gasteiger partial charge in [0.25, 0.3) is 0 Å². The van der Waals surface area contributed by atoms with Crippen molar-refractivity contribution in [2.24, 2.45) is 0 Å². The average molecular weight is 280 g/mol. The molecule has 0 aliphatic rings. The fourth-order valence-electron chi connectivity index (χ4n) is 2.03. The van der Waals surface area contributed by atoms with Gasteiger partial charge in [0.2, 0.25) is 0 Å². The molecule has 1 aromatic carbocycles. The molecule has 0 heterocycles. The highest BCUT2D eigenvalue weighted by molar-refractivity contribution is 7.99. The summed E-state index contributed by atoms with van der Waals surface area (Å²) < 4.78 is 0. The summed E-state index contributed by atoms with van der Waals surface area (Å²) in [6.45, 7) is 6.78. The Morgan fingerprint density at radius 2 is 1.89 bits per heavy atom. The molecule has 108 valence electrons. The molecule has 2 unspecified atom stereocenters. The van der Waals surface area contributed by atoms with Gasteiger partial charge in [0.15, 0.2) is 0 Å². The highest BCUT2D eigenvalue weighted by Gasteiger charge is 2.18. The smallest absolute Gasteiger partial charge is 0.0437 e. The van der Waals surface area contributed by atoms with E-state index in [1.807, 2.05) is 0 Å². The van der Waals surface area contributed by atoms with Gasteiger partial charge in [0.05, 0.1) is 0 Å². The number of nitrogens with one attached hydrogen (secondary N) is 1. The lowest BCUT2D eigenvalue weighted by atomic mass is 10.0. The van der Waals surface area contributed by atoms with Crippen molar-refractivity contribution in [3.05, 3.63) is 35.9 Å². The summed E-state index contributed by atoms with van der Waals surface area (Å²) >= 11 is 2.05. The zero-order valence-corrected chi connectivity index (χ0v) is 13.5. The molecule has 0 aliphatic carbocycles. The maximum atomic E-state index is 3.69. The molecular weight excluding hydrogens is 252 g/mol. The number of thioether (sulfide) groups is 1. The van der Waals surface area contributed by atoms with E-state index in [2.05, 4.69) is 80.3 Å². The van der Waals surface area contributed by atoms with Crippen LogP contribution in [0.5, 0.6) is 0 Å². The van der Waals surface area contributed by atoms with Crippen molar-refractivity contribution in [1.29, 1.82) is 0 Å². The van der Waals surface area contributed by atoms with Crippen LogP contribution in [0.3, 0.4) is 0 Å². The maximum absolute atomic E-state index is 3.69. The van der Waals surface area contributed by atoms with Crippen LogP contribution < -0.4 is 5.32 Å². The molecule has 2 nitrogen and oxygen atoms in total. The van der Waals surface area contributed by atoms with Gasteiger partial charge >= 0.3 is 0 Å². The van der Waals surface area contributed by atoms with E-state index in [-0.39, 0.29) is 0 Å². The monoisotopic (exact) mass is 280 g/mol. The third-order valence-corrected chi connectivity index (χ3v) is 4.38. The molecule has 2 atom stereocenters. The third-order valence-electron chi connectivity index (χ3n) is 3.16. The number of rotatable bonds is 9. The van der Waals surface area contributed by atoms with Crippen molar-refractivity contribution in [1.82, 2.24) is 10.2 Å². The molecule has 0 bridgehead atoms. The maximum Gasteiger partial charge on any atom is 0.0437 e. The summed E-state index contributed by atoms with van der Waals surface area (Å²) in [6.07, 6.45) is 1.18. The molecule has 1 rings (SSSR count). The van der Waals surface area contributed by atoms with Crippen LogP contribution >= 0.6 is 11.8 Å². The first-order valence-electron chi connectivity index (χ1n) is 7.19. The SMILES string of the molecule is CCCNC(c1ccccc1)C(C)SCCN(C)C. The molecule has 0 amide bonds. The van der Waals surface area contributed by atoms with Gasteiger partial charge in [-0.1, -0.05) is 44.2 Å². The van der Waals surface area contributed by atoms with Crippen molar-refractivity contribution in [3.63, 3.8) is 0 Å². The summed E-state index contributed by atoms with van der Waals surface area (Å²) in [7, 11) is 4.27. The minimum atomic E-state index is 0.452. The van der Waals surface area contributed by atoms with E-state index < -0.39 is 0 Å². The lowest BCUT2D eigenvalue weighted by Gasteiger charge is -2.26. The second kappa shape index (κ2) is 9.40. The highest BCUT2D eigenvalue weighted by atomic mass is 32.2. The van der Waals surface area contributed by atoms with Crippen molar-refractivity contribution < 1.29 is 0 Å². The van der Waals surface area contributed by atoms with Crippen LogP contribution in [0.4, 0.5) is 0 Å². The lowest BCUT2D eigenvalue weighted by Crippen LogP contribution is -2.30. The Bertz CT molecular complexity index is 327. The van der Waals surface area contributed by atoms with Gasteiger partial charge in [0.1, 0.15) is 0 Å². The zero-order chi connectivity index (χ0) is 14.1. The molecule has 0 aliphatic heterocycles. The molecule has 0 aromatic heterocycles. The fourth-order valence-corrected chi connectivity index (χ4v) is 3.32. The first-order valence-corrected chi connectivity index (χ1v) is 8.24. The predicted octanol–water partition coefficient (Wildman–Crippen LogP) is 3.41. The van der Waals surface area contributed by atoms with Crippen LogP contribution in [0, 0.1) is 0 Å². The molecule has 19 heavy (non-hydrogen) atoms. The van der Waals surface area contributed by atoms with Gasteiger partial charge in [-0.25, -0.2) is 0 Å². The summed E-state index contributed by atoms with van der Waals surface area (Å²) in [5.74, 6) is 1.19. The Morgan fingerprint density at radius 1 is 1.21 bits per heavy atom. The fraction of sp³-hybridized carbons (Fsp3) is 0.625. The van der Waals surface area contributed by atoms with Crippen LogP contribution in [0.1, 0.15) is 31.9 Å². The van der Waals surface area contributed by atoms with E-state index in [1.165, 1.54) is 17.7 Å². The van der Waals surface area contributed by atoms with Crippen molar-refractivity contribution in [3.8, 4) is 0 Å². The van der Waals surface area contributed by atoms with Gasteiger partial charge < -0.3 is 10.2 Å². The quantitative estimate of drug-likeness (QED) is 0.746. The third kappa shape index (κ3) is 6.46. The number of hydrogen-bond donors (Lipinski definition) is 1. The van der Waals surface area contributed by atoms with Gasteiger partial charge in [0, 0.05) is 23.6 Å². The first kappa shape index (κ1) is 16.5. The molecular formula is C16H28N2S. The van der Waals surface area contributed by atoms with E-state index in [4.69, 9.17) is 0 Å². The second-order valence-corrected chi connectivity index (χ2v) is 6.71. The summed E-state index contributed by atoms with van der Waals surface area (Å²) in [5.41, 5.74) is 1.40. The Labute approximate surface area is 123 Å². The largest absolute Gasteiger partial charge is 0.309 e. The van der Waals surface area contributed by atoms with Crippen LogP contribution in [-0.4, -0.2) is 43.1 Å². The highest BCUT2D eigenvalue weighted by Crippen LogP contribution is 2.26. The van der Waals surface area contributed by atoms with Crippen LogP contribution in [-0.2, 0) is 0 Å². The topological polar surface area (TPSA) is 15.3 Å². The van der Waals surface area contributed by atoms with E-state index in [0.717, 1.165) is 13.1 Å². The molecule has 0 spiro atoms. The Hall–Kier alpha value is -0.510. The number of benzene rings is 1. The van der Waals surface area contributed by atoms with E-state index in [9.17, 15) is 0 Å². The summed E-state index contributed by atoms with van der Waals surface area (Å²) in [5, 5.41) is 4.28. The molecule has 0 fully saturated rings. The molecule has 0 radical (unpaired) electrons. The Balaban J connectivity index is 2.57. The molecule has 0 saturated heterocycles. The normalized spacial score (nSPS) is 14.6. The minimum absolute atomic E-state index is 0.452. The zero-order valence-electron chi connectivity index (χ0n) is 12.7. The van der Waals surface area contributed by atoms with E-state index in [1.54, 1.807) is 0 Å². The average Bonchev–Trinajstić information content (AvgIpc) is 2.40. The van der Waals surface area contributed by atoms with Crippen LogP contribution in [0.2, 0.25) is 0 Å². The Morgan fingerprint density at radius 3 is 2.47 bits per heavy atom. The molecule has 1 aromatic rings. The van der Waals surface area contributed by atoms with Crippen molar-refractivity contribution in [2.45, 2.75) is 31.6 Å². The summed E-state index contributed by atoms with van der Waals surface area (Å²) in [6, 6.07) is 11.3. The predicted molar refractivity (Wildman–Crippen MR) is 88.0 cm³/mol. The van der Waals surface area contributed by atoms with Crippen molar-refractivity contribution in [2.75, 3.05) is 32.9 Å². The first-order chi connectivity index (χ1) is 9.15. The van der Waals surface area contributed by atoms with Crippen molar-refractivity contribution >= 4 is 11.8 Å². The minimum Gasteiger partial charge on any atom is -0.309 e. The molecule has 3 heteroatoms. The van der Waals surface area contributed by atoms with Crippen LogP contribution in [0.25, 0.3) is 0 Å². The standard InChI is InChI=1S/C16H28N2S/c1-5-11-17-16(15-9-7-6-8-10-15)14(2)19-13-12-18(3)4/h6-10,14,16-17H,5,11-13H2,1-4H3. The summed E-state index contributed by atoms with van der Waals surface area (Å²) in [4.78, 5) is 2.25. The van der Waals surface area contributed by atoms with E-state index >= 15 is 0 Å². The molecule has 0 saturated carbocycles. The second-order valence-electron chi connectivity index (χ2n) is 5.22. The van der Waals surface area contributed by atoms with Gasteiger partial charge in [-0.3, -0.25) is 0 Å². The lowest BCUT2D eigenvalue weighted by molar-refractivity contribution is 0.436. The molecule has 1 N–H and O–H groups in total. The number of hydrogen-bond acceptors (Lipinski definition) is 3. The number of nitrogens with zero attached hydrogens (tertiary/aromatic N) is 1. The van der Waals surface area contributed by atoms with E-state index in [0.29, 0.717) is 11.3 Å². The van der Waals surface area contributed by atoms with Gasteiger partial charge in [-0.05, 0) is 32.6 Å². The van der Waals surface area contributed by atoms with Gasteiger partial charge in [-0.15, -0.1) is 0 Å². The van der Waals surface area contributed by atoms with Crippen LogP contribution in [0.15, 0.2) is 30.3 Å².